The molecule has 3 aromatic rings. The zero-order valence-corrected chi connectivity index (χ0v) is 15.7. The molecule has 3 heterocycles. The molecular weight excluding hydrogens is 364 g/mol. The van der Waals surface area contributed by atoms with Gasteiger partial charge in [-0.1, -0.05) is 5.21 Å². The summed E-state index contributed by atoms with van der Waals surface area (Å²) in [6, 6.07) is 9.64. The number of methoxy groups -OCH3 is 1. The van der Waals surface area contributed by atoms with Gasteiger partial charge in [0.1, 0.15) is 17.5 Å². The molecule has 0 saturated carbocycles. The van der Waals surface area contributed by atoms with Gasteiger partial charge < -0.3 is 14.8 Å². The third kappa shape index (κ3) is 4.01. The van der Waals surface area contributed by atoms with Crippen molar-refractivity contribution in [3.05, 3.63) is 58.0 Å². The molecule has 4 rings (SSSR count). The van der Waals surface area contributed by atoms with Crippen LogP contribution in [-0.2, 0) is 22.5 Å². The van der Waals surface area contributed by atoms with Crippen LogP contribution in [0.5, 0.6) is 5.75 Å². The number of ether oxygens (including phenoxy) is 2. The highest BCUT2D eigenvalue weighted by Gasteiger charge is 2.24. The molecule has 1 aromatic carbocycles. The molecule has 7 nitrogen and oxygen atoms in total. The topological polar surface area (TPSA) is 78.3 Å². The Morgan fingerprint density at radius 1 is 1.37 bits per heavy atom. The molecule has 0 unspecified atom stereocenters. The summed E-state index contributed by atoms with van der Waals surface area (Å²) in [7, 11) is 1.63. The number of amides is 1. The zero-order chi connectivity index (χ0) is 18.6. The lowest BCUT2D eigenvalue weighted by atomic mass is 10.1. The minimum absolute atomic E-state index is 0.0553. The average molecular weight is 384 g/mol. The lowest BCUT2D eigenvalue weighted by Crippen LogP contribution is -2.27. The average Bonchev–Trinajstić information content (AvgIpc) is 3.36. The quantitative estimate of drug-likeness (QED) is 0.707. The van der Waals surface area contributed by atoms with Crippen LogP contribution in [0.25, 0.3) is 5.69 Å². The van der Waals surface area contributed by atoms with Gasteiger partial charge in [-0.3, -0.25) is 4.79 Å². The fourth-order valence-corrected chi connectivity index (χ4v) is 4.05. The van der Waals surface area contributed by atoms with Gasteiger partial charge in [0.25, 0.3) is 0 Å². The Morgan fingerprint density at radius 3 is 3.04 bits per heavy atom. The molecule has 1 amide bonds. The van der Waals surface area contributed by atoms with Gasteiger partial charge in [-0.05, 0) is 47.7 Å². The Hall–Kier alpha value is -2.71. The predicted molar refractivity (Wildman–Crippen MR) is 101 cm³/mol. The first-order valence-electron chi connectivity index (χ1n) is 8.73. The van der Waals surface area contributed by atoms with Gasteiger partial charge >= 0.3 is 0 Å². The number of hydrogen-bond acceptors (Lipinski definition) is 6. The van der Waals surface area contributed by atoms with Crippen LogP contribution in [0, 0.1) is 0 Å². The van der Waals surface area contributed by atoms with Crippen molar-refractivity contribution in [2.45, 2.75) is 25.5 Å². The van der Waals surface area contributed by atoms with Crippen molar-refractivity contribution in [3.63, 3.8) is 0 Å². The molecule has 1 aliphatic rings. The maximum atomic E-state index is 12.3. The number of nitrogens with zero attached hydrogens (tertiary/aromatic N) is 3. The first-order valence-corrected chi connectivity index (χ1v) is 9.61. The van der Waals surface area contributed by atoms with E-state index in [4.69, 9.17) is 9.47 Å². The number of rotatable bonds is 6. The van der Waals surface area contributed by atoms with Crippen molar-refractivity contribution in [2.75, 3.05) is 13.7 Å². The molecule has 2 aromatic heterocycles. The minimum atomic E-state index is -0.149. The van der Waals surface area contributed by atoms with Gasteiger partial charge in [-0.2, -0.15) is 0 Å². The fraction of sp³-hybridized carbons (Fsp3) is 0.316. The molecule has 1 atom stereocenters. The van der Waals surface area contributed by atoms with Crippen LogP contribution < -0.4 is 10.1 Å². The number of aromatic nitrogens is 3. The second-order valence-electron chi connectivity index (χ2n) is 6.25. The van der Waals surface area contributed by atoms with Crippen LogP contribution in [0.4, 0.5) is 0 Å². The number of fused-ring (bicyclic) bond motifs is 1. The maximum absolute atomic E-state index is 12.3. The van der Waals surface area contributed by atoms with Gasteiger partial charge in [0, 0.05) is 4.88 Å². The van der Waals surface area contributed by atoms with E-state index in [0.29, 0.717) is 25.3 Å². The van der Waals surface area contributed by atoms with Crippen LogP contribution >= 0.6 is 11.3 Å². The first kappa shape index (κ1) is 17.7. The lowest BCUT2D eigenvalue weighted by molar-refractivity contribution is -0.124. The van der Waals surface area contributed by atoms with E-state index in [9.17, 15) is 4.79 Å². The number of hydrogen-bond donors (Lipinski definition) is 1. The summed E-state index contributed by atoms with van der Waals surface area (Å²) in [5, 5.41) is 13.2. The van der Waals surface area contributed by atoms with E-state index in [1.165, 1.54) is 10.4 Å². The van der Waals surface area contributed by atoms with E-state index >= 15 is 0 Å². The highest BCUT2D eigenvalue weighted by atomic mass is 32.1. The summed E-state index contributed by atoms with van der Waals surface area (Å²) < 4.78 is 12.6. The summed E-state index contributed by atoms with van der Waals surface area (Å²) in [5.41, 5.74) is 2.87. The van der Waals surface area contributed by atoms with Crippen LogP contribution in [0.1, 0.15) is 28.7 Å². The molecular formula is C19H20N4O3S. The van der Waals surface area contributed by atoms with Crippen molar-refractivity contribution < 1.29 is 14.3 Å². The van der Waals surface area contributed by atoms with Crippen molar-refractivity contribution in [3.8, 4) is 11.4 Å². The standard InChI is InChI=1S/C19H20N4O3S/c1-25-16-4-2-15(3-5-16)23-12-14(21-22-23)11-20-18(24)10-17-19-13(6-8-26-17)7-9-27-19/h2-5,7,9,12,17H,6,8,10-11H2,1H3,(H,20,24)/t17-/m1/s1. The summed E-state index contributed by atoms with van der Waals surface area (Å²) >= 11 is 1.65. The smallest absolute Gasteiger partial charge is 0.223 e. The third-order valence-electron chi connectivity index (χ3n) is 4.48. The molecule has 0 bridgehead atoms. The van der Waals surface area contributed by atoms with E-state index in [0.717, 1.165) is 17.9 Å². The number of carbonyl (C=O) groups excluding carboxylic acids is 1. The van der Waals surface area contributed by atoms with E-state index in [1.807, 2.05) is 24.3 Å². The first-order chi connectivity index (χ1) is 13.2. The van der Waals surface area contributed by atoms with Crippen LogP contribution in [0.2, 0.25) is 0 Å². The second-order valence-corrected chi connectivity index (χ2v) is 7.20. The van der Waals surface area contributed by atoms with Gasteiger partial charge in [-0.15, -0.1) is 16.4 Å². The Labute approximate surface area is 160 Å². The van der Waals surface area contributed by atoms with Crippen LogP contribution in [0.3, 0.4) is 0 Å². The Bertz CT molecular complexity index is 919. The molecule has 0 saturated heterocycles. The number of carbonyl (C=O) groups is 1. The van der Waals surface area contributed by atoms with Crippen molar-refractivity contribution in [1.82, 2.24) is 20.3 Å². The molecule has 0 radical (unpaired) electrons. The highest BCUT2D eigenvalue weighted by molar-refractivity contribution is 7.10. The van der Waals surface area contributed by atoms with Gasteiger partial charge in [0.05, 0.1) is 38.6 Å². The highest BCUT2D eigenvalue weighted by Crippen LogP contribution is 2.33. The summed E-state index contributed by atoms with van der Waals surface area (Å²) in [5.74, 6) is 0.727. The maximum Gasteiger partial charge on any atom is 0.223 e. The van der Waals surface area contributed by atoms with Gasteiger partial charge in [-0.25, -0.2) is 4.68 Å². The fourth-order valence-electron chi connectivity index (χ4n) is 3.05. The number of thiophene rings is 1. The van der Waals surface area contributed by atoms with Crippen LogP contribution in [0.15, 0.2) is 41.9 Å². The molecule has 8 heteroatoms. The molecule has 0 aliphatic carbocycles. The monoisotopic (exact) mass is 384 g/mol. The molecule has 140 valence electrons. The van der Waals surface area contributed by atoms with E-state index in [2.05, 4.69) is 27.1 Å². The minimum Gasteiger partial charge on any atom is -0.497 e. The largest absolute Gasteiger partial charge is 0.497 e. The Kier molecular flexibility index (Phi) is 5.17. The molecule has 0 fully saturated rings. The molecule has 27 heavy (non-hydrogen) atoms. The van der Waals surface area contributed by atoms with Crippen molar-refractivity contribution in [2.24, 2.45) is 0 Å². The van der Waals surface area contributed by atoms with E-state index < -0.39 is 0 Å². The van der Waals surface area contributed by atoms with Gasteiger partial charge in [0.15, 0.2) is 0 Å². The summed E-state index contributed by atoms with van der Waals surface area (Å²) in [6.07, 6.45) is 2.89. The Balaban J connectivity index is 1.33. The summed E-state index contributed by atoms with van der Waals surface area (Å²) in [4.78, 5) is 13.5. The number of nitrogens with one attached hydrogen (secondary N) is 1. The van der Waals surface area contributed by atoms with Crippen molar-refractivity contribution in [1.29, 1.82) is 0 Å². The molecule has 0 spiro atoms. The third-order valence-corrected chi connectivity index (χ3v) is 5.53. The predicted octanol–water partition coefficient (Wildman–Crippen LogP) is 2.66. The summed E-state index contributed by atoms with van der Waals surface area (Å²) in [6.45, 7) is 0.997. The zero-order valence-electron chi connectivity index (χ0n) is 14.9. The number of benzene rings is 1. The SMILES string of the molecule is COc1ccc(-n2cc(CNC(=O)C[C@H]3OCCc4ccsc43)nn2)cc1. The van der Waals surface area contributed by atoms with E-state index in [-0.39, 0.29) is 12.0 Å². The van der Waals surface area contributed by atoms with Crippen molar-refractivity contribution >= 4 is 17.2 Å². The lowest BCUT2D eigenvalue weighted by Gasteiger charge is -2.22. The molecule has 1 N–H and O–H groups in total. The normalized spacial score (nSPS) is 16.0. The van der Waals surface area contributed by atoms with E-state index in [1.54, 1.807) is 29.3 Å². The van der Waals surface area contributed by atoms with Crippen LogP contribution in [-0.4, -0.2) is 34.6 Å². The second kappa shape index (κ2) is 7.89. The van der Waals surface area contributed by atoms with Gasteiger partial charge in [0.2, 0.25) is 5.91 Å². The Morgan fingerprint density at radius 2 is 2.22 bits per heavy atom. The molecule has 1 aliphatic heterocycles.